The summed E-state index contributed by atoms with van der Waals surface area (Å²) in [5.74, 6) is 0.992. The smallest absolute Gasteiger partial charge is 0.119 e. The standard InChI is InChI=1S/C17H25N3O/c1-11-8-12(21-5)6-7-13(11)14(10-18)15-9-16(20-19-15)17(2,3)4/h6-9,14H,10,18H2,1-5H3,(H,19,20). The number of benzene rings is 1. The largest absolute Gasteiger partial charge is 0.497 e. The zero-order valence-corrected chi connectivity index (χ0v) is 13.5. The summed E-state index contributed by atoms with van der Waals surface area (Å²) in [5.41, 5.74) is 10.6. The average molecular weight is 287 g/mol. The van der Waals surface area contributed by atoms with E-state index in [0.29, 0.717) is 6.54 Å². The van der Waals surface area contributed by atoms with E-state index in [2.05, 4.69) is 50.0 Å². The van der Waals surface area contributed by atoms with E-state index in [4.69, 9.17) is 10.5 Å². The quantitative estimate of drug-likeness (QED) is 0.908. The minimum absolute atomic E-state index is 0.0306. The van der Waals surface area contributed by atoms with Crippen LogP contribution < -0.4 is 10.5 Å². The van der Waals surface area contributed by atoms with Crippen molar-refractivity contribution in [2.24, 2.45) is 5.73 Å². The molecular weight excluding hydrogens is 262 g/mol. The lowest BCUT2D eigenvalue weighted by Crippen LogP contribution is -2.15. The lowest BCUT2D eigenvalue weighted by Gasteiger charge is -2.17. The molecule has 1 aromatic carbocycles. The summed E-state index contributed by atoms with van der Waals surface area (Å²) >= 11 is 0. The summed E-state index contributed by atoms with van der Waals surface area (Å²) in [4.78, 5) is 0. The minimum Gasteiger partial charge on any atom is -0.497 e. The third kappa shape index (κ3) is 3.27. The Bertz CT molecular complexity index is 611. The Labute approximate surface area is 126 Å². The van der Waals surface area contributed by atoms with Gasteiger partial charge in [-0.1, -0.05) is 26.8 Å². The van der Waals surface area contributed by atoms with Gasteiger partial charge in [0, 0.05) is 23.6 Å². The van der Waals surface area contributed by atoms with Gasteiger partial charge < -0.3 is 10.5 Å². The maximum Gasteiger partial charge on any atom is 0.119 e. The van der Waals surface area contributed by atoms with E-state index in [0.717, 1.165) is 17.1 Å². The van der Waals surface area contributed by atoms with E-state index in [9.17, 15) is 0 Å². The van der Waals surface area contributed by atoms with E-state index in [1.807, 2.05) is 12.1 Å². The van der Waals surface area contributed by atoms with Crippen LogP contribution in [0.1, 0.15) is 49.2 Å². The first-order valence-electron chi connectivity index (χ1n) is 7.27. The van der Waals surface area contributed by atoms with Crippen molar-refractivity contribution < 1.29 is 4.74 Å². The van der Waals surface area contributed by atoms with Crippen molar-refractivity contribution in [2.45, 2.75) is 39.0 Å². The van der Waals surface area contributed by atoms with Crippen LogP contribution in [0.25, 0.3) is 0 Å². The summed E-state index contributed by atoms with van der Waals surface area (Å²) in [5, 5.41) is 7.60. The first-order chi connectivity index (χ1) is 9.86. The van der Waals surface area contributed by atoms with E-state index in [-0.39, 0.29) is 11.3 Å². The summed E-state index contributed by atoms with van der Waals surface area (Å²) in [7, 11) is 1.68. The van der Waals surface area contributed by atoms with Gasteiger partial charge in [-0.25, -0.2) is 0 Å². The molecule has 0 aliphatic rings. The van der Waals surface area contributed by atoms with Gasteiger partial charge >= 0.3 is 0 Å². The molecule has 1 heterocycles. The van der Waals surface area contributed by atoms with Crippen molar-refractivity contribution in [3.05, 3.63) is 46.8 Å². The van der Waals surface area contributed by atoms with Crippen LogP contribution in [0.3, 0.4) is 0 Å². The molecule has 2 rings (SSSR count). The highest BCUT2D eigenvalue weighted by Crippen LogP contribution is 2.30. The first kappa shape index (κ1) is 15.6. The highest BCUT2D eigenvalue weighted by molar-refractivity contribution is 5.41. The molecule has 0 radical (unpaired) electrons. The molecule has 2 aromatic rings. The summed E-state index contributed by atoms with van der Waals surface area (Å²) < 4.78 is 5.27. The zero-order valence-electron chi connectivity index (χ0n) is 13.5. The average Bonchev–Trinajstić information content (AvgIpc) is 2.91. The Kier molecular flexibility index (Phi) is 4.37. The third-order valence-corrected chi connectivity index (χ3v) is 3.83. The predicted octanol–water partition coefficient (Wildman–Crippen LogP) is 3.11. The van der Waals surface area contributed by atoms with E-state index >= 15 is 0 Å². The second kappa shape index (κ2) is 5.90. The molecule has 1 atom stereocenters. The first-order valence-corrected chi connectivity index (χ1v) is 7.27. The van der Waals surface area contributed by atoms with E-state index in [1.165, 1.54) is 11.1 Å². The van der Waals surface area contributed by atoms with Crippen LogP contribution >= 0.6 is 0 Å². The van der Waals surface area contributed by atoms with Crippen molar-refractivity contribution >= 4 is 0 Å². The number of ether oxygens (including phenoxy) is 1. The molecule has 0 saturated carbocycles. The summed E-state index contributed by atoms with van der Waals surface area (Å²) in [6.07, 6.45) is 0. The van der Waals surface area contributed by atoms with Crippen LogP contribution in [0.15, 0.2) is 24.3 Å². The molecule has 4 nitrogen and oxygen atoms in total. The van der Waals surface area contributed by atoms with Crippen molar-refractivity contribution in [1.29, 1.82) is 0 Å². The Hall–Kier alpha value is -1.81. The number of nitrogens with zero attached hydrogens (tertiary/aromatic N) is 1. The number of hydrogen-bond donors (Lipinski definition) is 2. The Morgan fingerprint density at radius 3 is 2.48 bits per heavy atom. The molecule has 21 heavy (non-hydrogen) atoms. The predicted molar refractivity (Wildman–Crippen MR) is 85.9 cm³/mol. The van der Waals surface area contributed by atoms with Gasteiger partial charge in [-0.3, -0.25) is 5.10 Å². The molecule has 0 spiro atoms. The Morgan fingerprint density at radius 2 is 2.00 bits per heavy atom. The van der Waals surface area contributed by atoms with Crippen LogP contribution in [0.5, 0.6) is 5.75 Å². The molecular formula is C17H25N3O. The van der Waals surface area contributed by atoms with Gasteiger partial charge in [-0.05, 0) is 36.2 Å². The van der Waals surface area contributed by atoms with E-state index < -0.39 is 0 Å². The van der Waals surface area contributed by atoms with Crippen molar-refractivity contribution in [1.82, 2.24) is 10.2 Å². The highest BCUT2D eigenvalue weighted by Gasteiger charge is 2.22. The Balaban J connectivity index is 2.38. The molecule has 3 N–H and O–H groups in total. The SMILES string of the molecule is COc1ccc(C(CN)c2cc(C(C)(C)C)n[nH]2)c(C)c1. The lowest BCUT2D eigenvalue weighted by atomic mass is 9.88. The number of aromatic amines is 1. The number of hydrogen-bond acceptors (Lipinski definition) is 3. The fraction of sp³-hybridized carbons (Fsp3) is 0.471. The second-order valence-electron chi connectivity index (χ2n) is 6.47. The molecule has 4 heteroatoms. The number of aryl methyl sites for hydroxylation is 1. The van der Waals surface area contributed by atoms with Crippen molar-refractivity contribution in [3.63, 3.8) is 0 Å². The van der Waals surface area contributed by atoms with E-state index in [1.54, 1.807) is 7.11 Å². The van der Waals surface area contributed by atoms with Crippen LogP contribution in [0.2, 0.25) is 0 Å². The van der Waals surface area contributed by atoms with Crippen LogP contribution in [-0.2, 0) is 5.41 Å². The van der Waals surface area contributed by atoms with Gasteiger partial charge in [-0.2, -0.15) is 5.10 Å². The fourth-order valence-corrected chi connectivity index (χ4v) is 2.49. The maximum atomic E-state index is 6.02. The number of rotatable bonds is 4. The number of nitrogens with one attached hydrogen (secondary N) is 1. The molecule has 0 saturated heterocycles. The van der Waals surface area contributed by atoms with Crippen LogP contribution in [-0.4, -0.2) is 23.9 Å². The van der Waals surface area contributed by atoms with Crippen LogP contribution in [0.4, 0.5) is 0 Å². The number of H-pyrrole nitrogens is 1. The zero-order chi connectivity index (χ0) is 15.6. The lowest BCUT2D eigenvalue weighted by molar-refractivity contribution is 0.414. The third-order valence-electron chi connectivity index (χ3n) is 3.83. The minimum atomic E-state index is 0.0306. The van der Waals surface area contributed by atoms with Gasteiger partial charge in [0.25, 0.3) is 0 Å². The molecule has 114 valence electrons. The number of nitrogens with two attached hydrogens (primary N) is 1. The molecule has 0 bridgehead atoms. The molecule has 0 amide bonds. The van der Waals surface area contributed by atoms with Gasteiger partial charge in [0.1, 0.15) is 5.75 Å². The molecule has 1 unspecified atom stereocenters. The fourth-order valence-electron chi connectivity index (χ4n) is 2.49. The van der Waals surface area contributed by atoms with Crippen molar-refractivity contribution in [3.8, 4) is 5.75 Å². The van der Waals surface area contributed by atoms with Gasteiger partial charge in [0.2, 0.25) is 0 Å². The second-order valence-corrected chi connectivity index (χ2v) is 6.47. The Morgan fingerprint density at radius 1 is 1.29 bits per heavy atom. The van der Waals surface area contributed by atoms with Crippen molar-refractivity contribution in [2.75, 3.05) is 13.7 Å². The molecule has 0 aliphatic heterocycles. The topological polar surface area (TPSA) is 63.9 Å². The number of methoxy groups -OCH3 is 1. The van der Waals surface area contributed by atoms with Gasteiger partial charge in [0.05, 0.1) is 12.8 Å². The molecule has 0 fully saturated rings. The normalized spacial score (nSPS) is 13.2. The maximum absolute atomic E-state index is 6.02. The number of aromatic nitrogens is 2. The molecule has 0 aliphatic carbocycles. The monoisotopic (exact) mass is 287 g/mol. The summed E-state index contributed by atoms with van der Waals surface area (Å²) in [6, 6.07) is 8.23. The van der Waals surface area contributed by atoms with Crippen LogP contribution in [0, 0.1) is 6.92 Å². The highest BCUT2D eigenvalue weighted by atomic mass is 16.5. The van der Waals surface area contributed by atoms with Gasteiger partial charge in [0.15, 0.2) is 0 Å². The summed E-state index contributed by atoms with van der Waals surface area (Å²) in [6.45, 7) is 9.09. The molecule has 1 aromatic heterocycles. The van der Waals surface area contributed by atoms with Gasteiger partial charge in [-0.15, -0.1) is 0 Å².